The lowest BCUT2D eigenvalue weighted by molar-refractivity contribution is -0.142. The summed E-state index contributed by atoms with van der Waals surface area (Å²) in [4.78, 5) is 73.8. The average molecular weight is 636 g/mol. The molecule has 4 atom stereocenters. The summed E-state index contributed by atoms with van der Waals surface area (Å²) < 4.78 is 0. The van der Waals surface area contributed by atoms with Crippen molar-refractivity contribution in [3.63, 3.8) is 0 Å². The van der Waals surface area contributed by atoms with Crippen LogP contribution in [-0.4, -0.2) is 97.5 Å². The number of carboxylic acids is 1. The molecule has 16 nitrogen and oxygen atoms in total. The van der Waals surface area contributed by atoms with Gasteiger partial charge in [0.25, 0.3) is 0 Å². The number of nitrogens with one attached hydrogen (secondary N) is 5. The number of amides is 5. The molecule has 0 heterocycles. The van der Waals surface area contributed by atoms with E-state index in [1.807, 2.05) is 6.07 Å². The van der Waals surface area contributed by atoms with E-state index >= 15 is 0 Å². The Labute approximate surface area is 263 Å². The molecule has 0 spiro atoms. The van der Waals surface area contributed by atoms with Gasteiger partial charge >= 0.3 is 5.97 Å². The van der Waals surface area contributed by atoms with Gasteiger partial charge in [0, 0.05) is 13.0 Å². The molecule has 0 bridgehead atoms. The maximum Gasteiger partial charge on any atom is 0.326 e. The van der Waals surface area contributed by atoms with E-state index in [2.05, 4.69) is 26.6 Å². The van der Waals surface area contributed by atoms with Crippen LogP contribution in [0, 0.1) is 0 Å². The molecule has 1 aromatic rings. The van der Waals surface area contributed by atoms with Gasteiger partial charge in [-0.05, 0) is 63.6 Å². The molecule has 0 saturated carbocycles. The molecular formula is C29H49N9O7. The maximum absolute atomic E-state index is 12.8. The molecule has 0 aliphatic rings. The van der Waals surface area contributed by atoms with E-state index in [1.54, 1.807) is 24.3 Å². The molecule has 14 N–H and O–H groups in total. The summed E-state index contributed by atoms with van der Waals surface area (Å²) in [6, 6.07) is 5.15. The van der Waals surface area contributed by atoms with E-state index in [9.17, 15) is 33.9 Å². The molecule has 1 aromatic carbocycles. The number of carbonyl (C=O) groups excluding carboxylic acids is 5. The van der Waals surface area contributed by atoms with Gasteiger partial charge in [-0.1, -0.05) is 30.3 Å². The highest BCUT2D eigenvalue weighted by molar-refractivity contribution is 5.93. The summed E-state index contributed by atoms with van der Waals surface area (Å²) in [5.41, 5.74) is 22.9. The number of hydrogen-bond donors (Lipinski definition) is 10. The molecule has 0 aliphatic heterocycles. The SMILES string of the molecule is NCCC[C@@H](N)C(=O)N[C@H](CCCCNC(=O)[C@@H](CCCN)NC(=O)CNC(=O)[C@@H](Cc1ccccc1)NC(=O)CN)C(=O)O. The first-order valence-corrected chi connectivity index (χ1v) is 15.1. The number of nitrogens with two attached hydrogens (primary N) is 4. The van der Waals surface area contributed by atoms with E-state index in [0.29, 0.717) is 38.6 Å². The van der Waals surface area contributed by atoms with Crippen LogP contribution in [0.1, 0.15) is 50.5 Å². The quantitative estimate of drug-likeness (QED) is 0.0538. The van der Waals surface area contributed by atoms with Crippen molar-refractivity contribution in [1.29, 1.82) is 0 Å². The Bertz CT molecular complexity index is 1090. The second-order valence-electron chi connectivity index (χ2n) is 10.5. The van der Waals surface area contributed by atoms with Gasteiger partial charge in [-0.15, -0.1) is 0 Å². The van der Waals surface area contributed by atoms with Gasteiger partial charge in [-0.25, -0.2) is 4.79 Å². The summed E-state index contributed by atoms with van der Waals surface area (Å²) >= 11 is 0. The molecule has 0 aliphatic carbocycles. The van der Waals surface area contributed by atoms with Gasteiger partial charge in [0.2, 0.25) is 29.5 Å². The Morgan fingerprint density at radius 1 is 0.667 bits per heavy atom. The fraction of sp³-hybridized carbons (Fsp3) is 0.586. The van der Waals surface area contributed by atoms with Gasteiger partial charge in [-0.2, -0.15) is 0 Å². The van der Waals surface area contributed by atoms with Crippen molar-refractivity contribution in [1.82, 2.24) is 26.6 Å². The molecule has 0 unspecified atom stereocenters. The van der Waals surface area contributed by atoms with Gasteiger partial charge in [0.15, 0.2) is 0 Å². The third kappa shape index (κ3) is 16.5. The van der Waals surface area contributed by atoms with Crippen molar-refractivity contribution in [2.24, 2.45) is 22.9 Å². The Balaban J connectivity index is 2.59. The minimum Gasteiger partial charge on any atom is -0.480 e. The lowest BCUT2D eigenvalue weighted by Gasteiger charge is -2.20. The van der Waals surface area contributed by atoms with Crippen molar-refractivity contribution in [3.05, 3.63) is 35.9 Å². The number of carbonyl (C=O) groups is 6. The molecule has 0 radical (unpaired) electrons. The van der Waals surface area contributed by atoms with E-state index in [-0.39, 0.29) is 38.9 Å². The Morgan fingerprint density at radius 2 is 1.27 bits per heavy atom. The minimum atomic E-state index is -1.19. The van der Waals surface area contributed by atoms with E-state index < -0.39 is 66.2 Å². The number of carboxylic acid groups (broad SMARTS) is 1. The van der Waals surface area contributed by atoms with Crippen LogP contribution in [0.3, 0.4) is 0 Å². The number of benzene rings is 1. The Kier molecular flexibility index (Phi) is 19.4. The normalized spacial score (nSPS) is 13.4. The minimum absolute atomic E-state index is 0.130. The average Bonchev–Trinajstić information content (AvgIpc) is 3.03. The summed E-state index contributed by atoms with van der Waals surface area (Å²) in [5, 5.41) is 22.2. The smallest absolute Gasteiger partial charge is 0.326 e. The summed E-state index contributed by atoms with van der Waals surface area (Å²) in [6.45, 7) is 0.110. The van der Waals surface area contributed by atoms with Gasteiger partial charge in [-0.3, -0.25) is 24.0 Å². The van der Waals surface area contributed by atoms with E-state index in [4.69, 9.17) is 22.9 Å². The van der Waals surface area contributed by atoms with Crippen molar-refractivity contribution in [3.8, 4) is 0 Å². The van der Waals surface area contributed by atoms with Crippen LogP contribution < -0.4 is 49.5 Å². The zero-order valence-corrected chi connectivity index (χ0v) is 25.6. The van der Waals surface area contributed by atoms with Crippen LogP contribution in [0.5, 0.6) is 0 Å². The molecular weight excluding hydrogens is 586 g/mol. The number of unbranched alkanes of at least 4 members (excludes halogenated alkanes) is 1. The molecule has 0 saturated heterocycles. The first-order valence-electron chi connectivity index (χ1n) is 15.1. The standard InChI is InChI=1S/C29H49N9O7/c30-13-6-10-20(33)26(41)38-22(29(44)45)11-4-5-15-34-27(42)21(12-7-14-31)36-25(40)18-35-28(43)23(37-24(39)17-32)16-19-8-2-1-3-9-19/h1-3,8-9,20-23H,4-7,10-18,30-33H2,(H,34,42)(H,35,43)(H,36,40)(H,37,39)(H,38,41)(H,44,45)/t20-,21-,22-,23-/m1/s1. The van der Waals surface area contributed by atoms with Crippen LogP contribution in [0.15, 0.2) is 30.3 Å². The van der Waals surface area contributed by atoms with Crippen LogP contribution in [0.25, 0.3) is 0 Å². The number of rotatable bonds is 23. The van der Waals surface area contributed by atoms with Crippen LogP contribution in [0.4, 0.5) is 0 Å². The highest BCUT2D eigenvalue weighted by Gasteiger charge is 2.25. The fourth-order valence-electron chi connectivity index (χ4n) is 4.25. The van der Waals surface area contributed by atoms with Crippen LogP contribution >= 0.6 is 0 Å². The van der Waals surface area contributed by atoms with Crippen molar-refractivity contribution < 1.29 is 33.9 Å². The first kappa shape index (κ1) is 38.9. The van der Waals surface area contributed by atoms with E-state index in [0.717, 1.165) is 5.56 Å². The zero-order valence-electron chi connectivity index (χ0n) is 25.6. The topological polar surface area (TPSA) is 287 Å². The van der Waals surface area contributed by atoms with Crippen LogP contribution in [0.2, 0.25) is 0 Å². The second-order valence-corrected chi connectivity index (χ2v) is 10.5. The largest absolute Gasteiger partial charge is 0.480 e. The maximum atomic E-state index is 12.8. The third-order valence-corrected chi connectivity index (χ3v) is 6.78. The first-order chi connectivity index (χ1) is 21.5. The predicted octanol–water partition coefficient (Wildman–Crippen LogP) is -3.07. The molecule has 16 heteroatoms. The molecule has 5 amide bonds. The van der Waals surface area contributed by atoms with Gasteiger partial charge in [0.05, 0.1) is 19.1 Å². The summed E-state index contributed by atoms with van der Waals surface area (Å²) in [5.74, 6) is -3.95. The molecule has 1 rings (SSSR count). The highest BCUT2D eigenvalue weighted by Crippen LogP contribution is 2.05. The lowest BCUT2D eigenvalue weighted by Crippen LogP contribution is -2.53. The fourth-order valence-corrected chi connectivity index (χ4v) is 4.25. The number of hydrogen-bond acceptors (Lipinski definition) is 10. The van der Waals surface area contributed by atoms with Crippen molar-refractivity contribution in [2.45, 2.75) is 75.5 Å². The Morgan fingerprint density at radius 3 is 1.89 bits per heavy atom. The summed E-state index contributed by atoms with van der Waals surface area (Å²) in [7, 11) is 0. The molecule has 45 heavy (non-hydrogen) atoms. The number of aliphatic carboxylic acids is 1. The second kappa shape index (κ2) is 22.4. The Hall–Kier alpha value is -4.12. The highest BCUT2D eigenvalue weighted by atomic mass is 16.4. The third-order valence-electron chi connectivity index (χ3n) is 6.78. The lowest BCUT2D eigenvalue weighted by atomic mass is 10.1. The predicted molar refractivity (Wildman–Crippen MR) is 167 cm³/mol. The van der Waals surface area contributed by atoms with Gasteiger partial charge < -0.3 is 54.6 Å². The molecule has 252 valence electrons. The monoisotopic (exact) mass is 635 g/mol. The molecule has 0 aromatic heterocycles. The van der Waals surface area contributed by atoms with Crippen molar-refractivity contribution in [2.75, 3.05) is 32.7 Å². The summed E-state index contributed by atoms with van der Waals surface area (Å²) in [6.07, 6.45) is 2.69. The molecule has 0 fully saturated rings. The van der Waals surface area contributed by atoms with Crippen LogP contribution in [-0.2, 0) is 35.2 Å². The van der Waals surface area contributed by atoms with E-state index in [1.165, 1.54) is 0 Å². The van der Waals surface area contributed by atoms with Gasteiger partial charge in [0.1, 0.15) is 18.1 Å². The van der Waals surface area contributed by atoms with Crippen molar-refractivity contribution >= 4 is 35.5 Å². The zero-order chi connectivity index (χ0) is 33.6.